The predicted octanol–water partition coefficient (Wildman–Crippen LogP) is 1.60. The van der Waals surface area contributed by atoms with Gasteiger partial charge in [0.1, 0.15) is 0 Å². The van der Waals surface area contributed by atoms with Crippen molar-refractivity contribution in [1.29, 1.82) is 0 Å². The second-order valence-electron chi connectivity index (χ2n) is 5.95. The van der Waals surface area contributed by atoms with E-state index in [4.69, 9.17) is 4.74 Å². The molecule has 2 aromatic heterocycles. The quantitative estimate of drug-likeness (QED) is 0.782. The Labute approximate surface area is 145 Å². The minimum atomic E-state index is 0.0784. The lowest BCUT2D eigenvalue weighted by molar-refractivity contribution is -0.140. The van der Waals surface area contributed by atoms with Crippen LogP contribution in [0, 0.1) is 0 Å². The van der Waals surface area contributed by atoms with Gasteiger partial charge in [-0.25, -0.2) is 0 Å². The van der Waals surface area contributed by atoms with Crippen molar-refractivity contribution in [1.82, 2.24) is 24.6 Å². The van der Waals surface area contributed by atoms with Gasteiger partial charge in [0.05, 0.1) is 18.0 Å². The summed E-state index contributed by atoms with van der Waals surface area (Å²) in [5.41, 5.74) is 0.904. The van der Waals surface area contributed by atoms with Gasteiger partial charge in [0.15, 0.2) is 11.0 Å². The topological polar surface area (TPSA) is 73.1 Å². The maximum absolute atomic E-state index is 12.4. The number of nitrogens with zero attached hydrogens (tertiary/aromatic N) is 5. The third-order valence-electron chi connectivity index (χ3n) is 3.85. The van der Waals surface area contributed by atoms with Crippen LogP contribution in [0.5, 0.6) is 0 Å². The number of aromatic nitrogens is 4. The van der Waals surface area contributed by atoms with Gasteiger partial charge in [0, 0.05) is 38.1 Å². The molecular weight excluding hydrogens is 326 g/mol. The van der Waals surface area contributed by atoms with Crippen LogP contribution in [0.25, 0.3) is 11.4 Å². The number of amides is 1. The van der Waals surface area contributed by atoms with Gasteiger partial charge in [-0.15, -0.1) is 10.2 Å². The number of morpholine rings is 1. The summed E-state index contributed by atoms with van der Waals surface area (Å²) in [4.78, 5) is 18.4. The van der Waals surface area contributed by atoms with Crippen molar-refractivity contribution in [2.75, 3.05) is 18.8 Å². The van der Waals surface area contributed by atoms with Crippen LogP contribution < -0.4 is 0 Å². The summed E-state index contributed by atoms with van der Waals surface area (Å²) in [6.45, 7) is 5.27. The zero-order chi connectivity index (χ0) is 17.1. The Bertz CT molecular complexity index is 696. The van der Waals surface area contributed by atoms with Gasteiger partial charge in [0.25, 0.3) is 0 Å². The summed E-state index contributed by atoms with van der Waals surface area (Å²) in [7, 11) is 1.90. The fraction of sp³-hybridized carbons (Fsp3) is 0.500. The van der Waals surface area contributed by atoms with Crippen LogP contribution in [-0.4, -0.2) is 61.6 Å². The first-order valence-electron chi connectivity index (χ1n) is 7.90. The number of hydrogen-bond donors (Lipinski definition) is 0. The highest BCUT2D eigenvalue weighted by atomic mass is 32.2. The maximum Gasteiger partial charge on any atom is 0.233 e. The van der Waals surface area contributed by atoms with Gasteiger partial charge < -0.3 is 14.2 Å². The number of pyridine rings is 1. The molecule has 1 aliphatic rings. The van der Waals surface area contributed by atoms with E-state index in [-0.39, 0.29) is 18.1 Å². The number of thioether (sulfide) groups is 1. The van der Waals surface area contributed by atoms with E-state index < -0.39 is 0 Å². The summed E-state index contributed by atoms with van der Waals surface area (Å²) in [6.07, 6.45) is 3.63. The van der Waals surface area contributed by atoms with E-state index in [1.165, 1.54) is 11.8 Å². The van der Waals surface area contributed by atoms with Crippen LogP contribution >= 0.6 is 11.8 Å². The number of ether oxygens (including phenoxy) is 1. The number of carbonyl (C=O) groups excluding carboxylic acids is 1. The van der Waals surface area contributed by atoms with Crippen LogP contribution in [-0.2, 0) is 16.6 Å². The highest BCUT2D eigenvalue weighted by Gasteiger charge is 2.26. The Morgan fingerprint density at radius 3 is 2.75 bits per heavy atom. The van der Waals surface area contributed by atoms with Gasteiger partial charge in [-0.1, -0.05) is 11.8 Å². The van der Waals surface area contributed by atoms with Crippen molar-refractivity contribution in [2.45, 2.75) is 31.2 Å². The summed E-state index contributed by atoms with van der Waals surface area (Å²) in [5, 5.41) is 9.12. The molecule has 3 heterocycles. The van der Waals surface area contributed by atoms with Crippen molar-refractivity contribution in [3.05, 3.63) is 24.5 Å². The van der Waals surface area contributed by atoms with E-state index >= 15 is 0 Å². The fourth-order valence-corrected chi connectivity index (χ4v) is 3.60. The lowest BCUT2D eigenvalue weighted by Gasteiger charge is -2.35. The normalized spacial score (nSPS) is 21.0. The van der Waals surface area contributed by atoms with Crippen molar-refractivity contribution < 1.29 is 9.53 Å². The van der Waals surface area contributed by atoms with Crippen LogP contribution in [0.4, 0.5) is 0 Å². The fourth-order valence-electron chi connectivity index (χ4n) is 2.79. The summed E-state index contributed by atoms with van der Waals surface area (Å²) >= 11 is 1.40. The van der Waals surface area contributed by atoms with Crippen molar-refractivity contribution in [2.24, 2.45) is 7.05 Å². The minimum Gasteiger partial charge on any atom is -0.372 e. The SMILES string of the molecule is C[C@H]1CN(C(=O)CSc2nnc(-c3cccnc3)n2C)C[C@H](C)O1. The number of rotatable bonds is 4. The molecule has 7 nitrogen and oxygen atoms in total. The Hall–Kier alpha value is -1.93. The molecule has 1 amide bonds. The van der Waals surface area contributed by atoms with Crippen LogP contribution in [0.15, 0.2) is 29.7 Å². The van der Waals surface area contributed by atoms with Crippen LogP contribution in [0.2, 0.25) is 0 Å². The zero-order valence-corrected chi connectivity index (χ0v) is 14.9. The molecule has 3 rings (SSSR count). The standard InChI is InChI=1S/C16H21N5O2S/c1-11-8-21(9-12(2)23-11)14(22)10-24-16-19-18-15(20(16)3)13-5-4-6-17-7-13/h4-7,11-12H,8-10H2,1-3H3/t11-,12-/m0/s1. The summed E-state index contributed by atoms with van der Waals surface area (Å²) in [6, 6.07) is 3.80. The Kier molecular flexibility index (Phi) is 5.15. The molecule has 0 N–H and O–H groups in total. The molecule has 0 radical (unpaired) electrons. The molecule has 128 valence electrons. The Morgan fingerprint density at radius 1 is 1.33 bits per heavy atom. The molecule has 8 heteroatoms. The number of hydrogen-bond acceptors (Lipinski definition) is 6. The number of carbonyl (C=O) groups is 1. The van der Waals surface area contributed by atoms with Gasteiger partial charge in [-0.3, -0.25) is 9.78 Å². The third kappa shape index (κ3) is 3.76. The first-order chi connectivity index (χ1) is 11.5. The molecule has 1 fully saturated rings. The van der Waals surface area contributed by atoms with E-state index in [9.17, 15) is 4.79 Å². The third-order valence-corrected chi connectivity index (χ3v) is 4.86. The van der Waals surface area contributed by atoms with Gasteiger partial charge >= 0.3 is 0 Å². The predicted molar refractivity (Wildman–Crippen MR) is 91.5 cm³/mol. The van der Waals surface area contributed by atoms with E-state index in [1.807, 2.05) is 42.5 Å². The minimum absolute atomic E-state index is 0.0784. The molecule has 2 atom stereocenters. The molecule has 24 heavy (non-hydrogen) atoms. The first kappa shape index (κ1) is 16.9. The molecule has 2 aromatic rings. The average molecular weight is 347 g/mol. The molecule has 0 spiro atoms. The highest BCUT2D eigenvalue weighted by molar-refractivity contribution is 7.99. The molecule has 1 aliphatic heterocycles. The van der Waals surface area contributed by atoms with Crippen molar-refractivity contribution in [3.8, 4) is 11.4 Å². The van der Waals surface area contributed by atoms with E-state index in [1.54, 1.807) is 12.4 Å². The molecule has 0 saturated carbocycles. The van der Waals surface area contributed by atoms with Crippen molar-refractivity contribution in [3.63, 3.8) is 0 Å². The molecule has 0 bridgehead atoms. The average Bonchev–Trinajstić information content (AvgIpc) is 2.93. The molecule has 0 unspecified atom stereocenters. The highest BCUT2D eigenvalue weighted by Crippen LogP contribution is 2.22. The monoisotopic (exact) mass is 347 g/mol. The molecule has 0 aromatic carbocycles. The van der Waals surface area contributed by atoms with Crippen LogP contribution in [0.1, 0.15) is 13.8 Å². The van der Waals surface area contributed by atoms with Gasteiger partial charge in [-0.05, 0) is 26.0 Å². The second-order valence-corrected chi connectivity index (χ2v) is 6.89. The lowest BCUT2D eigenvalue weighted by Crippen LogP contribution is -2.48. The van der Waals surface area contributed by atoms with Gasteiger partial charge in [0.2, 0.25) is 5.91 Å². The Morgan fingerprint density at radius 2 is 2.08 bits per heavy atom. The molecular formula is C16H21N5O2S. The lowest BCUT2D eigenvalue weighted by atomic mass is 10.2. The first-order valence-corrected chi connectivity index (χ1v) is 8.89. The van der Waals surface area contributed by atoms with E-state index in [0.29, 0.717) is 18.8 Å². The van der Waals surface area contributed by atoms with Crippen molar-refractivity contribution >= 4 is 17.7 Å². The molecule has 1 saturated heterocycles. The van der Waals surface area contributed by atoms with Gasteiger partial charge in [-0.2, -0.15) is 0 Å². The molecule has 0 aliphatic carbocycles. The van der Waals surface area contributed by atoms with Crippen LogP contribution in [0.3, 0.4) is 0 Å². The smallest absolute Gasteiger partial charge is 0.233 e. The largest absolute Gasteiger partial charge is 0.372 e. The van der Waals surface area contributed by atoms with E-state index in [0.717, 1.165) is 16.5 Å². The Balaban J connectivity index is 1.63. The zero-order valence-electron chi connectivity index (χ0n) is 14.0. The maximum atomic E-state index is 12.4. The summed E-state index contributed by atoms with van der Waals surface area (Å²) < 4.78 is 7.56. The summed E-state index contributed by atoms with van der Waals surface area (Å²) in [5.74, 6) is 1.19. The van der Waals surface area contributed by atoms with E-state index in [2.05, 4.69) is 15.2 Å². The second kappa shape index (κ2) is 7.31.